The van der Waals surface area contributed by atoms with Crippen LogP contribution >= 0.6 is 0 Å². The van der Waals surface area contributed by atoms with Gasteiger partial charge in [-0.25, -0.2) is 4.79 Å². The van der Waals surface area contributed by atoms with Crippen LogP contribution < -0.4 is 0 Å². The predicted molar refractivity (Wildman–Crippen MR) is 102 cm³/mol. The van der Waals surface area contributed by atoms with Gasteiger partial charge in [0.05, 0.1) is 30.0 Å². The van der Waals surface area contributed by atoms with Gasteiger partial charge in [-0.1, -0.05) is 23.4 Å². The number of esters is 2. The molecular weight excluding hydrogens is 405 g/mol. The molecule has 30 heavy (non-hydrogen) atoms. The van der Waals surface area contributed by atoms with Gasteiger partial charge in [0.15, 0.2) is 0 Å². The number of hydrogen-bond donors (Lipinski definition) is 0. The molecule has 0 aromatic heterocycles. The molecule has 0 N–H and O–H groups in total. The lowest BCUT2D eigenvalue weighted by Crippen LogP contribution is -2.38. The molecule has 10 heteroatoms. The number of rotatable bonds is 7. The number of halogens is 3. The average Bonchev–Trinajstić information content (AvgIpc) is 2.67. The predicted octanol–water partition coefficient (Wildman–Crippen LogP) is 4.03. The fourth-order valence-electron chi connectivity index (χ4n) is 3.47. The number of aliphatic imine (C=N–C) groups is 1. The Balaban J connectivity index is 2.84. The van der Waals surface area contributed by atoms with E-state index in [9.17, 15) is 27.7 Å². The van der Waals surface area contributed by atoms with Gasteiger partial charge in [0, 0.05) is 11.6 Å². The molecule has 0 fully saturated rings. The van der Waals surface area contributed by atoms with Crippen LogP contribution in [0.15, 0.2) is 45.7 Å². The highest BCUT2D eigenvalue weighted by molar-refractivity contribution is 6.07. The number of nitroso groups, excluding NO2 is 1. The largest absolute Gasteiger partial charge is 0.465 e. The zero-order chi connectivity index (χ0) is 22.5. The second-order valence-electron chi connectivity index (χ2n) is 6.41. The third kappa shape index (κ3) is 4.74. The van der Waals surface area contributed by atoms with Gasteiger partial charge in [0.1, 0.15) is 12.5 Å². The van der Waals surface area contributed by atoms with Gasteiger partial charge >= 0.3 is 18.1 Å². The zero-order valence-corrected chi connectivity index (χ0v) is 16.7. The fraction of sp³-hybridized carbons (Fsp3) is 0.450. The van der Waals surface area contributed by atoms with Gasteiger partial charge in [0.2, 0.25) is 0 Å². The van der Waals surface area contributed by atoms with Crippen LogP contribution in [0.4, 0.5) is 13.2 Å². The summed E-state index contributed by atoms with van der Waals surface area (Å²) in [6.45, 7) is 3.86. The summed E-state index contributed by atoms with van der Waals surface area (Å²) < 4.78 is 51.3. The Hall–Kier alpha value is -3.04. The standard InChI is InChI=1S/C20H21F3N2O5/c1-4-29-18(26)15-11(3)25-14(10-24-28)17(19(27)30-5-2)16(15)12-8-6-7-9-13(12)20(21,22)23/h6-9,15-16H,4-5,10H2,1-3H3. The van der Waals surface area contributed by atoms with Crippen LogP contribution in [0.5, 0.6) is 0 Å². The molecule has 1 aliphatic rings. The molecule has 2 atom stereocenters. The van der Waals surface area contributed by atoms with Crippen molar-refractivity contribution in [1.82, 2.24) is 0 Å². The number of alkyl halides is 3. The van der Waals surface area contributed by atoms with E-state index in [4.69, 9.17) is 9.47 Å². The molecule has 0 spiro atoms. The molecule has 1 aromatic carbocycles. The molecule has 162 valence electrons. The fourth-order valence-corrected chi connectivity index (χ4v) is 3.47. The van der Waals surface area contributed by atoms with Crippen molar-refractivity contribution in [3.63, 3.8) is 0 Å². The summed E-state index contributed by atoms with van der Waals surface area (Å²) >= 11 is 0. The van der Waals surface area contributed by atoms with E-state index in [1.165, 1.54) is 32.0 Å². The van der Waals surface area contributed by atoms with Gasteiger partial charge in [-0.2, -0.15) is 18.1 Å². The molecule has 0 amide bonds. The quantitative estimate of drug-likeness (QED) is 0.485. The zero-order valence-electron chi connectivity index (χ0n) is 16.7. The Kier molecular flexibility index (Phi) is 7.47. The normalized spacial score (nSPS) is 19.2. The second kappa shape index (κ2) is 9.64. The monoisotopic (exact) mass is 426 g/mol. The Morgan fingerprint density at radius 3 is 2.33 bits per heavy atom. The molecule has 0 radical (unpaired) electrons. The van der Waals surface area contributed by atoms with Crippen LogP contribution in [0, 0.1) is 10.8 Å². The van der Waals surface area contributed by atoms with Crippen molar-refractivity contribution in [3.05, 3.63) is 51.6 Å². The molecule has 0 aliphatic carbocycles. The van der Waals surface area contributed by atoms with Crippen LogP contribution in [-0.2, 0) is 25.2 Å². The van der Waals surface area contributed by atoms with Crippen molar-refractivity contribution < 1.29 is 32.2 Å². The Bertz CT molecular complexity index is 893. The third-order valence-electron chi connectivity index (χ3n) is 4.57. The first-order valence-corrected chi connectivity index (χ1v) is 9.24. The first-order chi connectivity index (χ1) is 14.2. The lowest BCUT2D eigenvalue weighted by Gasteiger charge is -2.33. The van der Waals surface area contributed by atoms with E-state index in [0.717, 1.165) is 6.07 Å². The van der Waals surface area contributed by atoms with Crippen molar-refractivity contribution in [2.24, 2.45) is 16.1 Å². The minimum absolute atomic E-state index is 0.0164. The molecule has 2 unspecified atom stereocenters. The van der Waals surface area contributed by atoms with E-state index in [0.29, 0.717) is 0 Å². The minimum atomic E-state index is -4.75. The Morgan fingerprint density at radius 1 is 1.13 bits per heavy atom. The topological polar surface area (TPSA) is 94.4 Å². The maximum absolute atomic E-state index is 13.8. The van der Waals surface area contributed by atoms with Crippen LogP contribution in [-0.4, -0.2) is 37.4 Å². The smallest absolute Gasteiger partial charge is 0.416 e. The molecular formula is C20H21F3N2O5. The highest BCUT2D eigenvalue weighted by Crippen LogP contribution is 2.45. The summed E-state index contributed by atoms with van der Waals surface area (Å²) in [5.74, 6) is -4.51. The van der Waals surface area contributed by atoms with E-state index in [1.807, 2.05) is 0 Å². The Morgan fingerprint density at radius 2 is 1.77 bits per heavy atom. The second-order valence-corrected chi connectivity index (χ2v) is 6.41. The summed E-state index contributed by atoms with van der Waals surface area (Å²) in [6, 6.07) is 4.62. The maximum atomic E-state index is 13.8. The highest BCUT2D eigenvalue weighted by atomic mass is 19.4. The van der Waals surface area contributed by atoms with Crippen molar-refractivity contribution in [1.29, 1.82) is 0 Å². The van der Waals surface area contributed by atoms with Gasteiger partial charge in [0.25, 0.3) is 0 Å². The summed E-state index contributed by atoms with van der Waals surface area (Å²) in [5, 5.41) is 2.73. The number of benzene rings is 1. The van der Waals surface area contributed by atoms with Crippen LogP contribution in [0.25, 0.3) is 0 Å². The molecule has 2 rings (SSSR count). The first kappa shape index (κ1) is 23.2. The Labute approximate surface area is 170 Å². The van der Waals surface area contributed by atoms with E-state index < -0.39 is 42.1 Å². The molecule has 0 saturated heterocycles. The third-order valence-corrected chi connectivity index (χ3v) is 4.57. The minimum Gasteiger partial charge on any atom is -0.465 e. The summed E-state index contributed by atoms with van der Waals surface area (Å²) in [7, 11) is 0. The SMILES string of the molecule is CCOC(=O)C1=C(CN=O)N=C(C)C(C(=O)OCC)C1c1ccccc1C(F)(F)F. The molecule has 1 heterocycles. The number of ether oxygens (including phenoxy) is 2. The van der Waals surface area contributed by atoms with Gasteiger partial charge in [-0.15, -0.1) is 0 Å². The van der Waals surface area contributed by atoms with Crippen LogP contribution in [0.2, 0.25) is 0 Å². The van der Waals surface area contributed by atoms with Gasteiger partial charge in [-0.05, 0) is 32.4 Å². The maximum Gasteiger partial charge on any atom is 0.416 e. The van der Waals surface area contributed by atoms with E-state index in [-0.39, 0.29) is 35.8 Å². The summed E-state index contributed by atoms with van der Waals surface area (Å²) in [5.41, 5.74) is -1.66. The number of carbonyl (C=O) groups excluding carboxylic acids is 2. The van der Waals surface area contributed by atoms with Gasteiger partial charge < -0.3 is 9.47 Å². The van der Waals surface area contributed by atoms with Gasteiger partial charge in [-0.3, -0.25) is 9.79 Å². The van der Waals surface area contributed by atoms with E-state index >= 15 is 0 Å². The average molecular weight is 426 g/mol. The van der Waals surface area contributed by atoms with Crippen molar-refractivity contribution in [3.8, 4) is 0 Å². The lowest BCUT2D eigenvalue weighted by molar-refractivity contribution is -0.147. The molecule has 1 aromatic rings. The van der Waals surface area contributed by atoms with E-state index in [2.05, 4.69) is 10.2 Å². The molecule has 0 saturated carbocycles. The van der Waals surface area contributed by atoms with Crippen molar-refractivity contribution >= 4 is 17.7 Å². The first-order valence-electron chi connectivity index (χ1n) is 9.24. The number of hydrogen-bond acceptors (Lipinski definition) is 7. The number of nitrogens with zero attached hydrogens (tertiary/aromatic N) is 2. The highest BCUT2D eigenvalue weighted by Gasteiger charge is 2.46. The molecule has 1 aliphatic heterocycles. The lowest BCUT2D eigenvalue weighted by atomic mass is 9.74. The summed E-state index contributed by atoms with van der Waals surface area (Å²) in [6.07, 6.45) is -4.75. The van der Waals surface area contributed by atoms with Crippen molar-refractivity contribution in [2.75, 3.05) is 19.8 Å². The van der Waals surface area contributed by atoms with Crippen LogP contribution in [0.3, 0.4) is 0 Å². The van der Waals surface area contributed by atoms with Crippen LogP contribution in [0.1, 0.15) is 37.8 Å². The number of carbonyl (C=O) groups is 2. The van der Waals surface area contributed by atoms with Crippen molar-refractivity contribution in [2.45, 2.75) is 32.9 Å². The summed E-state index contributed by atoms with van der Waals surface area (Å²) in [4.78, 5) is 40.5. The van der Waals surface area contributed by atoms with E-state index in [1.54, 1.807) is 6.92 Å². The molecule has 0 bridgehead atoms. The molecule has 7 nitrogen and oxygen atoms in total.